The predicted octanol–water partition coefficient (Wildman–Crippen LogP) is 2.86. The highest BCUT2D eigenvalue weighted by Gasteiger charge is 2.17. The van der Waals surface area contributed by atoms with Crippen LogP contribution in [-0.2, 0) is 10.0 Å². The van der Waals surface area contributed by atoms with Crippen molar-refractivity contribution in [1.82, 2.24) is 15.1 Å². The molecule has 0 bridgehead atoms. The van der Waals surface area contributed by atoms with Gasteiger partial charge in [0.2, 0.25) is 0 Å². The minimum atomic E-state index is -3.69. The van der Waals surface area contributed by atoms with Crippen LogP contribution < -0.4 is 10.0 Å². The number of nitrogens with one attached hydrogen (secondary N) is 2. The van der Waals surface area contributed by atoms with Crippen LogP contribution in [0.5, 0.6) is 0 Å². The van der Waals surface area contributed by atoms with Gasteiger partial charge in [0.05, 0.1) is 4.90 Å². The van der Waals surface area contributed by atoms with Crippen LogP contribution in [0.1, 0.15) is 34.3 Å². The number of anilines is 1. The second-order valence-corrected chi connectivity index (χ2v) is 10.2. The molecule has 1 amide bonds. The van der Waals surface area contributed by atoms with E-state index < -0.39 is 10.0 Å². The first kappa shape index (κ1) is 24.2. The molecule has 8 heteroatoms. The summed E-state index contributed by atoms with van der Waals surface area (Å²) in [5, 5.41) is 2.95. The Balaban J connectivity index is 1.45. The Morgan fingerprint density at radius 3 is 2.34 bits per heavy atom. The summed E-state index contributed by atoms with van der Waals surface area (Å²) in [6, 6.07) is 11.8. The zero-order valence-electron chi connectivity index (χ0n) is 19.2. The summed E-state index contributed by atoms with van der Waals surface area (Å²) in [7, 11) is -1.54. The maximum absolute atomic E-state index is 12.7. The summed E-state index contributed by atoms with van der Waals surface area (Å²) >= 11 is 0. The smallest absolute Gasteiger partial charge is 0.262 e. The maximum atomic E-state index is 12.7. The lowest BCUT2D eigenvalue weighted by Crippen LogP contribution is -2.44. The van der Waals surface area contributed by atoms with E-state index >= 15 is 0 Å². The topological polar surface area (TPSA) is 81.7 Å². The first-order valence-corrected chi connectivity index (χ1v) is 12.6. The van der Waals surface area contributed by atoms with Gasteiger partial charge in [0.15, 0.2) is 0 Å². The van der Waals surface area contributed by atoms with E-state index in [0.29, 0.717) is 23.4 Å². The second-order valence-electron chi connectivity index (χ2n) is 8.56. The number of benzene rings is 2. The number of hydrogen-bond acceptors (Lipinski definition) is 5. The van der Waals surface area contributed by atoms with Crippen molar-refractivity contribution in [3.8, 4) is 0 Å². The van der Waals surface area contributed by atoms with Crippen LogP contribution in [0.4, 0.5) is 5.69 Å². The molecule has 2 aromatic carbocycles. The van der Waals surface area contributed by atoms with Gasteiger partial charge in [0.25, 0.3) is 15.9 Å². The van der Waals surface area contributed by atoms with Crippen LogP contribution in [-0.4, -0.2) is 70.4 Å². The molecule has 2 aromatic rings. The highest BCUT2D eigenvalue weighted by Crippen LogP contribution is 2.21. The minimum Gasteiger partial charge on any atom is -0.352 e. The highest BCUT2D eigenvalue weighted by molar-refractivity contribution is 7.92. The van der Waals surface area contributed by atoms with Crippen LogP contribution in [0.25, 0.3) is 0 Å². The average Bonchev–Trinajstić information content (AvgIpc) is 2.76. The maximum Gasteiger partial charge on any atom is 0.262 e. The van der Waals surface area contributed by atoms with Gasteiger partial charge in [-0.05, 0) is 81.7 Å². The number of sulfonamides is 1. The molecule has 1 aliphatic heterocycles. The third-order valence-corrected chi connectivity index (χ3v) is 7.34. The van der Waals surface area contributed by atoms with Gasteiger partial charge in [-0.25, -0.2) is 8.42 Å². The number of rotatable bonds is 9. The Kier molecular flexibility index (Phi) is 8.28. The molecule has 32 heavy (non-hydrogen) atoms. The molecule has 0 atom stereocenters. The molecule has 0 aliphatic carbocycles. The van der Waals surface area contributed by atoms with Crippen molar-refractivity contribution in [2.45, 2.75) is 31.6 Å². The van der Waals surface area contributed by atoms with Crippen LogP contribution >= 0.6 is 0 Å². The van der Waals surface area contributed by atoms with Crippen LogP contribution in [0, 0.1) is 13.8 Å². The normalized spacial score (nSPS) is 15.5. The van der Waals surface area contributed by atoms with E-state index in [4.69, 9.17) is 0 Å². The number of likely N-dealkylation sites (N-methyl/N-ethyl adjacent to an activating group) is 1. The zero-order chi connectivity index (χ0) is 23.1. The molecule has 1 heterocycles. The van der Waals surface area contributed by atoms with Gasteiger partial charge in [-0.3, -0.25) is 9.52 Å². The van der Waals surface area contributed by atoms with Crippen molar-refractivity contribution in [3.05, 3.63) is 59.2 Å². The number of carbonyl (C=O) groups is 1. The molecular weight excluding hydrogens is 424 g/mol. The van der Waals surface area contributed by atoms with Crippen molar-refractivity contribution in [1.29, 1.82) is 0 Å². The van der Waals surface area contributed by atoms with Gasteiger partial charge in [0, 0.05) is 44.0 Å². The average molecular weight is 459 g/mol. The molecular formula is C24H34N4O3S. The van der Waals surface area contributed by atoms with E-state index in [1.165, 1.54) is 0 Å². The Labute approximate surface area is 191 Å². The third-order valence-electron chi connectivity index (χ3n) is 5.82. The molecule has 1 fully saturated rings. The van der Waals surface area contributed by atoms with Gasteiger partial charge in [0.1, 0.15) is 0 Å². The highest BCUT2D eigenvalue weighted by atomic mass is 32.2. The molecule has 174 valence electrons. The van der Waals surface area contributed by atoms with E-state index in [2.05, 4.69) is 26.9 Å². The monoisotopic (exact) mass is 458 g/mol. The van der Waals surface area contributed by atoms with Crippen LogP contribution in [0.2, 0.25) is 0 Å². The van der Waals surface area contributed by atoms with Crippen LogP contribution in [0.15, 0.2) is 47.4 Å². The summed E-state index contributed by atoms with van der Waals surface area (Å²) in [5.74, 6) is -0.145. The largest absolute Gasteiger partial charge is 0.352 e. The van der Waals surface area contributed by atoms with Gasteiger partial charge >= 0.3 is 0 Å². The van der Waals surface area contributed by atoms with E-state index in [9.17, 15) is 13.2 Å². The van der Waals surface area contributed by atoms with Crippen molar-refractivity contribution in [3.63, 3.8) is 0 Å². The fraction of sp³-hybridized carbons (Fsp3) is 0.458. The van der Waals surface area contributed by atoms with Crippen molar-refractivity contribution in [2.75, 3.05) is 51.0 Å². The van der Waals surface area contributed by atoms with Gasteiger partial charge in [-0.1, -0.05) is 12.1 Å². The van der Waals surface area contributed by atoms with E-state index in [1.54, 1.807) is 43.3 Å². The molecule has 0 aromatic heterocycles. The molecule has 0 unspecified atom stereocenters. The minimum absolute atomic E-state index is 0.145. The Bertz CT molecular complexity index is 1010. The SMILES string of the molecule is Cc1ccc(C)c(S(=O)(=O)Nc2ccc(C(=O)NCCCCN3CCN(C)CC3)cc2)c1. The van der Waals surface area contributed by atoms with E-state index in [0.717, 1.165) is 51.1 Å². The summed E-state index contributed by atoms with van der Waals surface area (Å²) in [5.41, 5.74) is 2.51. The number of hydrogen-bond donors (Lipinski definition) is 2. The number of unbranched alkanes of at least 4 members (excludes halogenated alkanes) is 1. The number of piperazine rings is 1. The number of aryl methyl sites for hydroxylation is 2. The second kappa shape index (κ2) is 10.9. The molecule has 3 rings (SSSR count). The molecule has 0 radical (unpaired) electrons. The first-order valence-electron chi connectivity index (χ1n) is 11.1. The van der Waals surface area contributed by atoms with E-state index in [-0.39, 0.29) is 10.8 Å². The number of amides is 1. The number of carbonyl (C=O) groups excluding carboxylic acids is 1. The van der Waals surface area contributed by atoms with Gasteiger partial charge in [-0.15, -0.1) is 0 Å². The molecule has 1 aliphatic rings. The fourth-order valence-corrected chi connectivity index (χ4v) is 5.12. The fourth-order valence-electron chi connectivity index (χ4n) is 3.73. The van der Waals surface area contributed by atoms with Crippen LogP contribution in [0.3, 0.4) is 0 Å². The lowest BCUT2D eigenvalue weighted by atomic mass is 10.2. The van der Waals surface area contributed by atoms with Crippen molar-refractivity contribution in [2.24, 2.45) is 0 Å². The van der Waals surface area contributed by atoms with E-state index in [1.807, 2.05) is 13.0 Å². The van der Waals surface area contributed by atoms with Gasteiger partial charge < -0.3 is 15.1 Å². The zero-order valence-corrected chi connectivity index (χ0v) is 20.0. The molecule has 0 saturated carbocycles. The third kappa shape index (κ3) is 6.79. The van der Waals surface area contributed by atoms with Gasteiger partial charge in [-0.2, -0.15) is 0 Å². The summed E-state index contributed by atoms with van der Waals surface area (Å²) < 4.78 is 28.1. The van der Waals surface area contributed by atoms with Crippen molar-refractivity contribution < 1.29 is 13.2 Å². The lowest BCUT2D eigenvalue weighted by Gasteiger charge is -2.32. The lowest BCUT2D eigenvalue weighted by molar-refractivity contribution is 0.0952. The Morgan fingerprint density at radius 1 is 0.969 bits per heavy atom. The standard InChI is InChI=1S/C24H34N4O3S/c1-19-6-7-20(2)23(18-19)32(30,31)26-22-10-8-21(9-11-22)24(29)25-12-4-5-13-28-16-14-27(3)15-17-28/h6-11,18,26H,4-5,12-17H2,1-3H3,(H,25,29). The Morgan fingerprint density at radius 2 is 1.66 bits per heavy atom. The molecule has 0 spiro atoms. The molecule has 2 N–H and O–H groups in total. The summed E-state index contributed by atoms with van der Waals surface area (Å²) in [6.07, 6.45) is 1.99. The Hall–Kier alpha value is -2.42. The first-order chi connectivity index (χ1) is 15.2. The summed E-state index contributed by atoms with van der Waals surface area (Å²) in [6.45, 7) is 9.79. The summed E-state index contributed by atoms with van der Waals surface area (Å²) in [4.78, 5) is 17.5. The molecule has 1 saturated heterocycles. The number of nitrogens with zero attached hydrogens (tertiary/aromatic N) is 2. The van der Waals surface area contributed by atoms with Crippen molar-refractivity contribution >= 4 is 21.6 Å². The quantitative estimate of drug-likeness (QED) is 0.565. The predicted molar refractivity (Wildman–Crippen MR) is 129 cm³/mol. The molecule has 7 nitrogen and oxygen atoms in total.